The smallest absolute Gasteiger partial charge is 0.405 e. The Morgan fingerprint density at radius 2 is 1.97 bits per heavy atom. The molecule has 2 heterocycles. The van der Waals surface area contributed by atoms with Crippen molar-refractivity contribution in [1.82, 2.24) is 25.4 Å². The van der Waals surface area contributed by atoms with Crippen molar-refractivity contribution in [2.24, 2.45) is 0 Å². The fraction of sp³-hybridized carbons (Fsp3) is 0.353. The van der Waals surface area contributed by atoms with Gasteiger partial charge in [-0.1, -0.05) is 19.9 Å². The van der Waals surface area contributed by atoms with Crippen LogP contribution < -0.4 is 10.6 Å². The molecule has 9 nitrogen and oxygen atoms in total. The van der Waals surface area contributed by atoms with Gasteiger partial charge in [-0.05, 0) is 18.1 Å². The summed E-state index contributed by atoms with van der Waals surface area (Å²) in [5.41, 5.74) is 0.594. The molecule has 3 amide bonds. The summed E-state index contributed by atoms with van der Waals surface area (Å²) in [6, 6.07) is 3.82. The van der Waals surface area contributed by atoms with Crippen LogP contribution in [-0.2, 0) is 9.53 Å². The molecule has 0 radical (unpaired) electrons. The lowest BCUT2D eigenvalue weighted by molar-refractivity contribution is -0.125. The summed E-state index contributed by atoms with van der Waals surface area (Å²) in [4.78, 5) is 39.3. The molecule has 0 aromatic carbocycles. The van der Waals surface area contributed by atoms with Crippen LogP contribution in [0.1, 0.15) is 35.8 Å². The lowest BCUT2D eigenvalue weighted by Gasteiger charge is -2.12. The first-order valence-corrected chi connectivity index (χ1v) is 8.39. The number of halogens is 3. The maximum Gasteiger partial charge on any atom is 0.405 e. The molecule has 156 valence electrons. The van der Waals surface area contributed by atoms with Crippen LogP contribution in [0, 0.1) is 0 Å². The number of rotatable bonds is 6. The van der Waals surface area contributed by atoms with Gasteiger partial charge in [0.05, 0.1) is 11.9 Å². The molecule has 2 aromatic rings. The van der Waals surface area contributed by atoms with E-state index in [9.17, 15) is 27.6 Å². The molecule has 0 aliphatic rings. The maximum atomic E-state index is 12.3. The predicted octanol–water partition coefficient (Wildman–Crippen LogP) is 1.94. The average Bonchev–Trinajstić information content (AvgIpc) is 3.10. The second-order valence-corrected chi connectivity index (χ2v) is 6.12. The zero-order chi connectivity index (χ0) is 21.6. The van der Waals surface area contributed by atoms with E-state index in [1.807, 2.05) is 13.8 Å². The van der Waals surface area contributed by atoms with E-state index in [0.29, 0.717) is 11.5 Å². The van der Waals surface area contributed by atoms with Crippen molar-refractivity contribution in [2.45, 2.75) is 25.9 Å². The van der Waals surface area contributed by atoms with Crippen molar-refractivity contribution >= 4 is 17.9 Å². The van der Waals surface area contributed by atoms with Crippen LogP contribution in [-0.4, -0.2) is 52.0 Å². The highest BCUT2D eigenvalue weighted by molar-refractivity contribution is 5.97. The normalized spacial score (nSPS) is 11.2. The molecule has 12 heteroatoms. The van der Waals surface area contributed by atoms with Gasteiger partial charge in [-0.2, -0.15) is 18.3 Å². The Balaban J connectivity index is 2.00. The summed E-state index contributed by atoms with van der Waals surface area (Å²) in [5, 5.41) is 7.23. The van der Waals surface area contributed by atoms with Gasteiger partial charge in [0.2, 0.25) is 0 Å². The van der Waals surface area contributed by atoms with Crippen LogP contribution in [0.15, 0.2) is 30.6 Å². The number of hydrogen-bond donors (Lipinski definition) is 2. The number of urea groups is 1. The molecule has 0 spiro atoms. The van der Waals surface area contributed by atoms with E-state index in [2.05, 4.69) is 10.1 Å². The van der Waals surface area contributed by atoms with Crippen LogP contribution in [0.3, 0.4) is 0 Å². The van der Waals surface area contributed by atoms with Crippen molar-refractivity contribution in [1.29, 1.82) is 0 Å². The van der Waals surface area contributed by atoms with Crippen LogP contribution in [0.4, 0.5) is 18.0 Å². The Bertz CT molecular complexity index is 881. The summed E-state index contributed by atoms with van der Waals surface area (Å²) in [6.45, 7) is 1.19. The summed E-state index contributed by atoms with van der Waals surface area (Å²) >= 11 is 0. The fourth-order valence-electron chi connectivity index (χ4n) is 2.33. The number of esters is 1. The minimum Gasteiger partial charge on any atom is -0.452 e. The minimum absolute atomic E-state index is 0.0972. The molecule has 2 N–H and O–H groups in total. The molecule has 0 aliphatic heterocycles. The van der Waals surface area contributed by atoms with E-state index in [0.717, 1.165) is 0 Å². The lowest BCUT2D eigenvalue weighted by atomic mass is 10.1. The van der Waals surface area contributed by atoms with Crippen LogP contribution in [0.2, 0.25) is 0 Å². The van der Waals surface area contributed by atoms with Gasteiger partial charge in [0.25, 0.3) is 5.91 Å². The SMILES string of the molecule is CC(C)c1c(C(=O)OCC(=O)NC(=O)NCC(F)(F)F)cnn1-c1ccccn1. The lowest BCUT2D eigenvalue weighted by Crippen LogP contribution is -2.44. The molecule has 29 heavy (non-hydrogen) atoms. The molecular formula is C17H18F3N5O4. The molecule has 2 rings (SSSR count). The number of aromatic nitrogens is 3. The molecule has 0 fully saturated rings. The molecule has 0 saturated heterocycles. The molecule has 0 bridgehead atoms. The minimum atomic E-state index is -4.62. The number of hydrogen-bond acceptors (Lipinski definition) is 6. The maximum absolute atomic E-state index is 12.3. The first kappa shape index (κ1) is 21.9. The standard InChI is InChI=1S/C17H18F3N5O4/c1-10(2)14-11(7-23-25(14)12-5-3-4-6-21-12)15(27)29-8-13(26)24-16(28)22-9-17(18,19)20/h3-7,10H,8-9H2,1-2H3,(H2,22,24,26,28). The van der Waals surface area contributed by atoms with Gasteiger partial charge in [0.15, 0.2) is 12.4 Å². The van der Waals surface area contributed by atoms with Crippen molar-refractivity contribution in [3.8, 4) is 5.82 Å². The number of nitrogens with one attached hydrogen (secondary N) is 2. The number of imide groups is 1. The molecule has 0 atom stereocenters. The number of nitrogens with zero attached hydrogens (tertiary/aromatic N) is 3. The van der Waals surface area contributed by atoms with Gasteiger partial charge in [-0.15, -0.1) is 0 Å². The fourth-order valence-corrected chi connectivity index (χ4v) is 2.33. The number of carbonyl (C=O) groups excluding carboxylic acids is 3. The van der Waals surface area contributed by atoms with Crippen molar-refractivity contribution < 1.29 is 32.3 Å². The van der Waals surface area contributed by atoms with Gasteiger partial charge in [-0.25, -0.2) is 19.3 Å². The van der Waals surface area contributed by atoms with Crippen molar-refractivity contribution in [3.63, 3.8) is 0 Å². The quantitative estimate of drug-likeness (QED) is 0.700. The Kier molecular flexibility index (Phi) is 6.91. The van der Waals surface area contributed by atoms with E-state index >= 15 is 0 Å². The van der Waals surface area contributed by atoms with E-state index in [4.69, 9.17) is 4.74 Å². The van der Waals surface area contributed by atoms with Gasteiger partial charge >= 0.3 is 18.2 Å². The molecule has 2 aromatic heterocycles. The first-order chi connectivity index (χ1) is 13.6. The van der Waals surface area contributed by atoms with E-state index in [1.165, 1.54) is 16.2 Å². The molecular weight excluding hydrogens is 395 g/mol. The highest BCUT2D eigenvalue weighted by Gasteiger charge is 2.28. The highest BCUT2D eigenvalue weighted by atomic mass is 19.4. The number of alkyl halides is 3. The third kappa shape index (κ3) is 6.30. The van der Waals surface area contributed by atoms with E-state index < -0.39 is 37.2 Å². The monoisotopic (exact) mass is 413 g/mol. The summed E-state index contributed by atoms with van der Waals surface area (Å²) in [5.74, 6) is -1.62. The molecule has 0 aliphatic carbocycles. The Labute approximate surface area is 163 Å². The zero-order valence-electron chi connectivity index (χ0n) is 15.5. The largest absolute Gasteiger partial charge is 0.452 e. The Morgan fingerprint density at radius 1 is 1.24 bits per heavy atom. The summed E-state index contributed by atoms with van der Waals surface area (Å²) < 4.78 is 42.4. The van der Waals surface area contributed by atoms with Gasteiger partial charge in [0.1, 0.15) is 12.1 Å². The van der Waals surface area contributed by atoms with Crippen LogP contribution in [0.5, 0.6) is 0 Å². The second-order valence-electron chi connectivity index (χ2n) is 6.12. The molecule has 0 unspecified atom stereocenters. The summed E-state index contributed by atoms with van der Waals surface area (Å²) in [7, 11) is 0. The van der Waals surface area contributed by atoms with Crippen LogP contribution >= 0.6 is 0 Å². The van der Waals surface area contributed by atoms with Gasteiger partial charge < -0.3 is 10.1 Å². The van der Waals surface area contributed by atoms with Gasteiger partial charge in [-0.3, -0.25) is 10.1 Å². The van der Waals surface area contributed by atoms with Gasteiger partial charge in [0, 0.05) is 6.20 Å². The predicted molar refractivity (Wildman–Crippen MR) is 93.3 cm³/mol. The number of ether oxygens (including phenoxy) is 1. The molecule has 0 saturated carbocycles. The highest BCUT2D eigenvalue weighted by Crippen LogP contribution is 2.22. The third-order valence-corrected chi connectivity index (χ3v) is 3.48. The Hall–Kier alpha value is -3.44. The van der Waals surface area contributed by atoms with E-state index in [-0.39, 0.29) is 11.5 Å². The number of carbonyl (C=O) groups is 3. The Morgan fingerprint density at radius 3 is 2.55 bits per heavy atom. The topological polar surface area (TPSA) is 115 Å². The van der Waals surface area contributed by atoms with E-state index in [1.54, 1.807) is 29.7 Å². The third-order valence-electron chi connectivity index (χ3n) is 3.48. The number of amides is 3. The number of pyridine rings is 1. The first-order valence-electron chi connectivity index (χ1n) is 8.39. The van der Waals surface area contributed by atoms with Crippen molar-refractivity contribution in [3.05, 3.63) is 41.9 Å². The van der Waals surface area contributed by atoms with Crippen LogP contribution in [0.25, 0.3) is 5.82 Å². The average molecular weight is 413 g/mol. The second kappa shape index (κ2) is 9.17. The summed E-state index contributed by atoms with van der Waals surface area (Å²) in [6.07, 6.45) is -1.79. The van der Waals surface area contributed by atoms with Crippen molar-refractivity contribution in [2.75, 3.05) is 13.2 Å². The zero-order valence-corrected chi connectivity index (χ0v) is 15.5.